The lowest BCUT2D eigenvalue weighted by Crippen LogP contribution is -2.06. The van der Waals surface area contributed by atoms with Crippen molar-refractivity contribution in [2.24, 2.45) is 0 Å². The SMILES string of the molecule is Oc1ccc(Oc2ncc(C(F)(F)F)cc2Cl)cc1C(F)(F)F. The fourth-order valence-electron chi connectivity index (χ4n) is 1.57. The van der Waals surface area contributed by atoms with Crippen LogP contribution in [0.5, 0.6) is 17.4 Å². The molecule has 0 radical (unpaired) electrons. The fourth-order valence-corrected chi connectivity index (χ4v) is 1.78. The summed E-state index contributed by atoms with van der Waals surface area (Å²) in [5, 5.41) is 8.65. The summed E-state index contributed by atoms with van der Waals surface area (Å²) in [7, 11) is 0. The van der Waals surface area contributed by atoms with E-state index < -0.39 is 45.9 Å². The number of benzene rings is 1. The van der Waals surface area contributed by atoms with Gasteiger partial charge < -0.3 is 9.84 Å². The van der Waals surface area contributed by atoms with Gasteiger partial charge in [0, 0.05) is 6.20 Å². The molecule has 0 unspecified atom stereocenters. The van der Waals surface area contributed by atoms with E-state index in [0.29, 0.717) is 18.3 Å². The van der Waals surface area contributed by atoms with Gasteiger partial charge in [-0.3, -0.25) is 0 Å². The molecule has 10 heteroatoms. The Labute approximate surface area is 130 Å². The fraction of sp³-hybridized carbons (Fsp3) is 0.154. The van der Waals surface area contributed by atoms with Crippen molar-refractivity contribution in [2.75, 3.05) is 0 Å². The number of aromatic hydroxyl groups is 1. The van der Waals surface area contributed by atoms with Crippen LogP contribution in [0.15, 0.2) is 30.5 Å². The lowest BCUT2D eigenvalue weighted by atomic mass is 10.2. The first-order valence-corrected chi connectivity index (χ1v) is 6.17. The normalized spacial score (nSPS) is 12.3. The van der Waals surface area contributed by atoms with Gasteiger partial charge in [0.05, 0.1) is 5.56 Å². The first kappa shape index (κ1) is 17.2. The quantitative estimate of drug-likeness (QED) is 0.744. The van der Waals surface area contributed by atoms with Crippen LogP contribution in [0.4, 0.5) is 26.3 Å². The number of rotatable bonds is 2. The zero-order valence-electron chi connectivity index (χ0n) is 10.8. The van der Waals surface area contributed by atoms with Crippen molar-refractivity contribution in [3.63, 3.8) is 0 Å². The van der Waals surface area contributed by atoms with E-state index in [1.165, 1.54) is 0 Å². The van der Waals surface area contributed by atoms with Crippen molar-refractivity contribution in [1.29, 1.82) is 0 Å². The number of ether oxygens (including phenoxy) is 1. The van der Waals surface area contributed by atoms with Crippen LogP contribution in [-0.4, -0.2) is 10.1 Å². The Hall–Kier alpha value is -2.16. The minimum absolute atomic E-state index is 0.399. The third kappa shape index (κ3) is 3.98. The molecule has 3 nitrogen and oxygen atoms in total. The summed E-state index contributed by atoms with van der Waals surface area (Å²) < 4.78 is 80.3. The predicted octanol–water partition coefficient (Wildman–Crippen LogP) is 5.27. The van der Waals surface area contributed by atoms with E-state index >= 15 is 0 Å². The number of phenols is 1. The van der Waals surface area contributed by atoms with Crippen molar-refractivity contribution in [2.45, 2.75) is 12.4 Å². The van der Waals surface area contributed by atoms with E-state index in [2.05, 4.69) is 4.98 Å². The second-order valence-corrected chi connectivity index (χ2v) is 4.69. The summed E-state index contributed by atoms with van der Waals surface area (Å²) in [6.45, 7) is 0. The molecule has 2 aromatic rings. The van der Waals surface area contributed by atoms with Crippen LogP contribution >= 0.6 is 11.6 Å². The number of nitrogens with zero attached hydrogens (tertiary/aromatic N) is 1. The van der Waals surface area contributed by atoms with Crippen LogP contribution in [-0.2, 0) is 12.4 Å². The van der Waals surface area contributed by atoms with Gasteiger partial charge in [-0.15, -0.1) is 0 Å². The molecule has 1 aromatic heterocycles. The molecule has 23 heavy (non-hydrogen) atoms. The third-order valence-electron chi connectivity index (χ3n) is 2.62. The number of halogens is 7. The highest BCUT2D eigenvalue weighted by Crippen LogP contribution is 2.39. The van der Waals surface area contributed by atoms with Gasteiger partial charge in [-0.2, -0.15) is 26.3 Å². The molecule has 0 aliphatic heterocycles. The topological polar surface area (TPSA) is 42.4 Å². The zero-order valence-corrected chi connectivity index (χ0v) is 11.6. The zero-order chi connectivity index (χ0) is 17.4. The van der Waals surface area contributed by atoms with E-state index in [-0.39, 0.29) is 0 Å². The molecule has 0 spiro atoms. The number of aromatic nitrogens is 1. The summed E-state index contributed by atoms with van der Waals surface area (Å²) in [4.78, 5) is 3.34. The number of phenolic OH excluding ortho intramolecular Hbond substituents is 1. The van der Waals surface area contributed by atoms with Crippen LogP contribution in [0.3, 0.4) is 0 Å². The molecule has 124 valence electrons. The van der Waals surface area contributed by atoms with Crippen LogP contribution < -0.4 is 4.74 Å². The number of alkyl halides is 6. The molecule has 1 aromatic carbocycles. The van der Waals surface area contributed by atoms with Gasteiger partial charge >= 0.3 is 12.4 Å². The van der Waals surface area contributed by atoms with Gasteiger partial charge in [0.15, 0.2) is 0 Å². The monoisotopic (exact) mass is 357 g/mol. The Morgan fingerprint density at radius 1 is 1.00 bits per heavy atom. The van der Waals surface area contributed by atoms with Crippen LogP contribution in [0.2, 0.25) is 5.02 Å². The maximum atomic E-state index is 12.6. The molecule has 0 amide bonds. The van der Waals surface area contributed by atoms with Crippen LogP contribution in [0, 0.1) is 0 Å². The van der Waals surface area contributed by atoms with Crippen molar-refractivity contribution in [3.05, 3.63) is 46.6 Å². The molecule has 0 fully saturated rings. The number of hydrogen-bond acceptors (Lipinski definition) is 3. The third-order valence-corrected chi connectivity index (χ3v) is 2.89. The van der Waals surface area contributed by atoms with Gasteiger partial charge in [-0.25, -0.2) is 4.98 Å². The average molecular weight is 358 g/mol. The van der Waals surface area contributed by atoms with E-state index in [1.54, 1.807) is 0 Å². The Balaban J connectivity index is 2.33. The molecule has 0 saturated heterocycles. The van der Waals surface area contributed by atoms with Gasteiger partial charge in [0.2, 0.25) is 5.88 Å². The first-order chi connectivity index (χ1) is 10.5. The van der Waals surface area contributed by atoms with Crippen molar-refractivity contribution in [1.82, 2.24) is 4.98 Å². The van der Waals surface area contributed by atoms with Gasteiger partial charge in [-0.05, 0) is 24.3 Å². The van der Waals surface area contributed by atoms with Crippen molar-refractivity contribution < 1.29 is 36.2 Å². The molecule has 0 aliphatic rings. The maximum Gasteiger partial charge on any atom is 0.420 e. The molecule has 0 aliphatic carbocycles. The minimum Gasteiger partial charge on any atom is -0.507 e. The van der Waals surface area contributed by atoms with E-state index in [4.69, 9.17) is 16.3 Å². The summed E-state index contributed by atoms with van der Waals surface area (Å²) in [6.07, 6.45) is -9.07. The molecule has 0 atom stereocenters. The molecular formula is C13H6ClF6NO2. The second-order valence-electron chi connectivity index (χ2n) is 4.29. The second kappa shape index (κ2) is 5.80. The van der Waals surface area contributed by atoms with E-state index in [9.17, 15) is 31.4 Å². The standard InChI is InChI=1S/C13H6ClF6NO2/c14-9-3-6(12(15,16)17)5-21-11(9)23-7-1-2-10(22)8(4-7)13(18,19)20/h1-5,22H. The summed E-state index contributed by atoms with van der Waals surface area (Å²) in [6, 6.07) is 2.73. The predicted molar refractivity (Wildman–Crippen MR) is 67.4 cm³/mol. The Morgan fingerprint density at radius 2 is 1.65 bits per heavy atom. The molecule has 1 N–H and O–H groups in total. The summed E-state index contributed by atoms with van der Waals surface area (Å²) in [5.74, 6) is -1.92. The smallest absolute Gasteiger partial charge is 0.420 e. The highest BCUT2D eigenvalue weighted by molar-refractivity contribution is 6.31. The maximum absolute atomic E-state index is 12.6. The largest absolute Gasteiger partial charge is 0.507 e. The number of hydrogen-bond donors (Lipinski definition) is 1. The number of pyridine rings is 1. The summed E-state index contributed by atoms with van der Waals surface area (Å²) in [5.41, 5.74) is -2.49. The van der Waals surface area contributed by atoms with Gasteiger partial charge in [-0.1, -0.05) is 11.6 Å². The highest BCUT2D eigenvalue weighted by atomic mass is 35.5. The lowest BCUT2D eigenvalue weighted by molar-refractivity contribution is -0.139. The van der Waals surface area contributed by atoms with Crippen LogP contribution in [0.25, 0.3) is 0 Å². The van der Waals surface area contributed by atoms with Gasteiger partial charge in [0.1, 0.15) is 22.1 Å². The average Bonchev–Trinajstić information content (AvgIpc) is 2.40. The van der Waals surface area contributed by atoms with Gasteiger partial charge in [0.25, 0.3) is 0 Å². The van der Waals surface area contributed by atoms with Crippen molar-refractivity contribution in [3.8, 4) is 17.4 Å². The first-order valence-electron chi connectivity index (χ1n) is 5.79. The minimum atomic E-state index is -4.83. The molecule has 0 bridgehead atoms. The van der Waals surface area contributed by atoms with Crippen molar-refractivity contribution >= 4 is 11.6 Å². The molecule has 0 saturated carbocycles. The van der Waals surface area contributed by atoms with E-state index in [1.807, 2.05) is 0 Å². The molecule has 2 rings (SSSR count). The molecule has 1 heterocycles. The Morgan fingerprint density at radius 3 is 2.17 bits per heavy atom. The Bertz CT molecular complexity index is 729. The molecular weight excluding hydrogens is 352 g/mol. The highest BCUT2D eigenvalue weighted by Gasteiger charge is 2.35. The Kier molecular flexibility index (Phi) is 4.34. The summed E-state index contributed by atoms with van der Waals surface area (Å²) >= 11 is 5.59. The van der Waals surface area contributed by atoms with Crippen LogP contribution in [0.1, 0.15) is 11.1 Å². The lowest BCUT2D eigenvalue weighted by Gasteiger charge is -2.12. The van der Waals surface area contributed by atoms with E-state index in [0.717, 1.165) is 12.1 Å².